The fourth-order valence-corrected chi connectivity index (χ4v) is 4.78. The summed E-state index contributed by atoms with van der Waals surface area (Å²) >= 11 is 0. The molecule has 1 fully saturated rings. The molecule has 2 atom stereocenters. The van der Waals surface area contributed by atoms with Gasteiger partial charge in [0.05, 0.1) is 24.6 Å². The van der Waals surface area contributed by atoms with Gasteiger partial charge in [0.25, 0.3) is 5.91 Å². The van der Waals surface area contributed by atoms with Crippen molar-refractivity contribution in [3.05, 3.63) is 76.5 Å². The van der Waals surface area contributed by atoms with E-state index in [2.05, 4.69) is 18.3 Å². The average Bonchev–Trinajstić information content (AvgIpc) is 3.29. The Morgan fingerprint density at radius 3 is 2.37 bits per heavy atom. The summed E-state index contributed by atoms with van der Waals surface area (Å²) in [6.07, 6.45) is 0.192. The standard InChI is InChI=1S/C30H35N3O5/c1-18-19(2)31-25-10-8-7-9-22(25)23(18)15-20-11-13-21(14-12-20)27(34)32-26-17-33(16-24(26)28(35)37-6)29(36)38-30(3,4)5/h7-14,24,26H,15-17H2,1-6H3,(H,32,34)/t24-,26+/m0/s1. The molecule has 0 saturated carbocycles. The monoisotopic (exact) mass is 517 g/mol. The molecule has 1 N–H and O–H groups in total. The zero-order chi connectivity index (χ0) is 27.6. The molecule has 1 aromatic heterocycles. The van der Waals surface area contributed by atoms with Gasteiger partial charge in [-0.25, -0.2) is 4.79 Å². The molecule has 8 nitrogen and oxygen atoms in total. The number of aryl methyl sites for hydroxylation is 1. The Bertz CT molecular complexity index is 1360. The molecule has 1 aliphatic heterocycles. The Morgan fingerprint density at radius 1 is 1.03 bits per heavy atom. The maximum Gasteiger partial charge on any atom is 0.410 e. The minimum atomic E-state index is -0.679. The molecule has 200 valence electrons. The number of nitrogens with zero attached hydrogens (tertiary/aromatic N) is 2. The number of methoxy groups -OCH3 is 1. The van der Waals surface area contributed by atoms with E-state index in [0.717, 1.165) is 34.1 Å². The van der Waals surface area contributed by atoms with Crippen LogP contribution in [0.4, 0.5) is 4.79 Å². The number of para-hydroxylation sites is 1. The number of hydrogen-bond acceptors (Lipinski definition) is 6. The molecule has 3 aromatic rings. The summed E-state index contributed by atoms with van der Waals surface area (Å²) in [6.45, 7) is 9.72. The first kappa shape index (κ1) is 27.1. The van der Waals surface area contributed by atoms with E-state index in [1.165, 1.54) is 17.6 Å². The number of rotatable bonds is 5. The molecular formula is C30H35N3O5. The number of ether oxygens (including phenoxy) is 2. The second-order valence-corrected chi connectivity index (χ2v) is 10.8. The Kier molecular flexibility index (Phi) is 7.71. The first-order chi connectivity index (χ1) is 18.0. The lowest BCUT2D eigenvalue weighted by atomic mass is 9.95. The quantitative estimate of drug-likeness (QED) is 0.498. The van der Waals surface area contributed by atoms with E-state index in [9.17, 15) is 14.4 Å². The summed E-state index contributed by atoms with van der Waals surface area (Å²) < 4.78 is 10.4. The van der Waals surface area contributed by atoms with Crippen LogP contribution in [-0.4, -0.2) is 59.7 Å². The molecular weight excluding hydrogens is 482 g/mol. The molecule has 8 heteroatoms. The Balaban J connectivity index is 1.48. The van der Waals surface area contributed by atoms with E-state index < -0.39 is 29.6 Å². The third-order valence-electron chi connectivity index (χ3n) is 6.90. The van der Waals surface area contributed by atoms with Gasteiger partial charge in [-0.1, -0.05) is 30.3 Å². The highest BCUT2D eigenvalue weighted by atomic mass is 16.6. The largest absolute Gasteiger partial charge is 0.469 e. The Hall–Kier alpha value is -3.94. The summed E-state index contributed by atoms with van der Waals surface area (Å²) in [5.74, 6) is -1.48. The molecule has 0 unspecified atom stereocenters. The van der Waals surface area contributed by atoms with E-state index in [4.69, 9.17) is 14.5 Å². The van der Waals surface area contributed by atoms with Crippen molar-refractivity contribution in [2.75, 3.05) is 20.2 Å². The van der Waals surface area contributed by atoms with Crippen LogP contribution in [0, 0.1) is 19.8 Å². The second kappa shape index (κ2) is 10.8. The van der Waals surface area contributed by atoms with Gasteiger partial charge in [-0.3, -0.25) is 14.6 Å². The minimum absolute atomic E-state index is 0.115. The van der Waals surface area contributed by atoms with Gasteiger partial charge in [0.15, 0.2) is 0 Å². The van der Waals surface area contributed by atoms with Gasteiger partial charge < -0.3 is 19.7 Å². The summed E-state index contributed by atoms with van der Waals surface area (Å²) in [4.78, 5) is 44.2. The maximum atomic E-state index is 13.1. The predicted molar refractivity (Wildman–Crippen MR) is 145 cm³/mol. The number of hydrogen-bond donors (Lipinski definition) is 1. The van der Waals surface area contributed by atoms with Crippen molar-refractivity contribution in [2.24, 2.45) is 5.92 Å². The Labute approximate surface area is 223 Å². The van der Waals surface area contributed by atoms with E-state index >= 15 is 0 Å². The Morgan fingerprint density at radius 2 is 1.71 bits per heavy atom. The van der Waals surface area contributed by atoms with Crippen molar-refractivity contribution in [1.29, 1.82) is 0 Å². The van der Waals surface area contributed by atoms with Crippen molar-refractivity contribution in [3.63, 3.8) is 0 Å². The lowest BCUT2D eigenvalue weighted by Crippen LogP contribution is -2.43. The summed E-state index contributed by atoms with van der Waals surface area (Å²) in [7, 11) is 1.30. The fourth-order valence-electron chi connectivity index (χ4n) is 4.78. The van der Waals surface area contributed by atoms with E-state index in [1.807, 2.05) is 37.3 Å². The first-order valence-corrected chi connectivity index (χ1v) is 12.8. The number of carbonyl (C=O) groups is 3. The third-order valence-corrected chi connectivity index (χ3v) is 6.90. The van der Waals surface area contributed by atoms with Gasteiger partial charge in [-0.2, -0.15) is 0 Å². The van der Waals surface area contributed by atoms with Crippen LogP contribution in [0.2, 0.25) is 0 Å². The number of pyridine rings is 1. The minimum Gasteiger partial charge on any atom is -0.469 e. The highest BCUT2D eigenvalue weighted by molar-refractivity contribution is 5.95. The molecule has 0 spiro atoms. The van der Waals surface area contributed by atoms with E-state index in [0.29, 0.717) is 5.56 Å². The highest BCUT2D eigenvalue weighted by Crippen LogP contribution is 2.26. The number of amides is 2. The van der Waals surface area contributed by atoms with Gasteiger partial charge >= 0.3 is 12.1 Å². The van der Waals surface area contributed by atoms with Crippen molar-refractivity contribution in [3.8, 4) is 0 Å². The molecule has 2 aromatic carbocycles. The summed E-state index contributed by atoms with van der Waals surface area (Å²) in [5, 5.41) is 4.05. The zero-order valence-electron chi connectivity index (χ0n) is 22.8. The smallest absolute Gasteiger partial charge is 0.410 e. The van der Waals surface area contributed by atoms with Crippen LogP contribution in [0.15, 0.2) is 48.5 Å². The number of fused-ring (bicyclic) bond motifs is 1. The number of benzene rings is 2. The maximum absolute atomic E-state index is 13.1. The molecule has 4 rings (SSSR count). The average molecular weight is 518 g/mol. The molecule has 38 heavy (non-hydrogen) atoms. The molecule has 1 saturated heterocycles. The summed E-state index contributed by atoms with van der Waals surface area (Å²) in [6, 6.07) is 15.0. The van der Waals surface area contributed by atoms with Gasteiger partial charge in [-0.05, 0) is 75.9 Å². The van der Waals surface area contributed by atoms with Crippen LogP contribution in [0.3, 0.4) is 0 Å². The van der Waals surface area contributed by atoms with Gasteiger partial charge in [-0.15, -0.1) is 0 Å². The van der Waals surface area contributed by atoms with Crippen molar-refractivity contribution in [2.45, 2.75) is 52.7 Å². The van der Waals surface area contributed by atoms with Gasteiger partial charge in [0, 0.05) is 29.7 Å². The lowest BCUT2D eigenvalue weighted by Gasteiger charge is -2.24. The normalized spacial score (nSPS) is 17.4. The lowest BCUT2D eigenvalue weighted by molar-refractivity contribution is -0.145. The molecule has 0 aliphatic carbocycles. The van der Waals surface area contributed by atoms with Crippen LogP contribution >= 0.6 is 0 Å². The number of carbonyl (C=O) groups excluding carboxylic acids is 3. The van der Waals surface area contributed by atoms with Crippen LogP contribution in [0.25, 0.3) is 10.9 Å². The summed E-state index contributed by atoms with van der Waals surface area (Å²) in [5.41, 5.74) is 5.24. The van der Waals surface area contributed by atoms with Gasteiger partial charge in [0.2, 0.25) is 0 Å². The van der Waals surface area contributed by atoms with Crippen LogP contribution in [0.1, 0.15) is 53.5 Å². The zero-order valence-corrected chi connectivity index (χ0v) is 22.8. The van der Waals surface area contributed by atoms with Crippen molar-refractivity contribution in [1.82, 2.24) is 15.2 Å². The SMILES string of the molecule is COC(=O)[C@H]1CN(C(=O)OC(C)(C)C)C[C@H]1NC(=O)c1ccc(Cc2c(C)c(C)nc3ccccc23)cc1. The van der Waals surface area contributed by atoms with Crippen LogP contribution in [0.5, 0.6) is 0 Å². The number of nitrogens with one attached hydrogen (secondary N) is 1. The fraction of sp³-hybridized carbons (Fsp3) is 0.400. The topological polar surface area (TPSA) is 97.8 Å². The number of esters is 1. The molecule has 0 bridgehead atoms. The van der Waals surface area contributed by atoms with E-state index in [1.54, 1.807) is 32.9 Å². The number of likely N-dealkylation sites (tertiary alicyclic amines) is 1. The van der Waals surface area contributed by atoms with Crippen LogP contribution in [-0.2, 0) is 20.7 Å². The van der Waals surface area contributed by atoms with Gasteiger partial charge in [0.1, 0.15) is 5.60 Å². The second-order valence-electron chi connectivity index (χ2n) is 10.8. The number of aromatic nitrogens is 1. The highest BCUT2D eigenvalue weighted by Gasteiger charge is 2.42. The molecule has 2 heterocycles. The molecule has 1 aliphatic rings. The van der Waals surface area contributed by atoms with Crippen LogP contribution < -0.4 is 5.32 Å². The van der Waals surface area contributed by atoms with Crippen molar-refractivity contribution < 1.29 is 23.9 Å². The predicted octanol–water partition coefficient (Wildman–Crippen LogP) is 4.58. The first-order valence-electron chi connectivity index (χ1n) is 12.8. The third kappa shape index (κ3) is 5.96. The molecule has 0 radical (unpaired) electrons. The van der Waals surface area contributed by atoms with E-state index in [-0.39, 0.29) is 19.0 Å². The molecule has 2 amide bonds. The van der Waals surface area contributed by atoms with Crippen molar-refractivity contribution >= 4 is 28.9 Å².